The average Bonchev–Trinajstić information content (AvgIpc) is 2.68. The van der Waals surface area contributed by atoms with Crippen LogP contribution in [0, 0.1) is 6.92 Å². The molecule has 0 fully saturated rings. The molecule has 0 aromatic carbocycles. The zero-order valence-corrected chi connectivity index (χ0v) is 11.4. The Hall–Kier alpha value is -2.38. The van der Waals surface area contributed by atoms with E-state index in [0.29, 0.717) is 18.5 Å². The topological polar surface area (TPSA) is 89.8 Å². The van der Waals surface area contributed by atoms with Crippen LogP contribution < -0.4 is 15.4 Å². The molecule has 8 heteroatoms. The lowest BCUT2D eigenvalue weighted by Gasteiger charge is -2.07. The predicted molar refractivity (Wildman–Crippen MR) is 71.8 cm³/mol. The molecule has 0 amide bonds. The van der Waals surface area contributed by atoms with Gasteiger partial charge in [0.05, 0.1) is 18.0 Å². The van der Waals surface area contributed by atoms with E-state index < -0.39 is 0 Å². The van der Waals surface area contributed by atoms with Crippen LogP contribution in [0.4, 0.5) is 17.6 Å². The van der Waals surface area contributed by atoms with E-state index in [2.05, 4.69) is 30.7 Å². The van der Waals surface area contributed by atoms with Crippen LogP contribution in [0.25, 0.3) is 0 Å². The van der Waals surface area contributed by atoms with Gasteiger partial charge in [-0.3, -0.25) is 4.68 Å². The van der Waals surface area contributed by atoms with Crippen molar-refractivity contribution in [2.45, 2.75) is 13.8 Å². The largest absolute Gasteiger partial charge is 0.464 e. The Balaban J connectivity index is 2.28. The van der Waals surface area contributed by atoms with E-state index >= 15 is 0 Å². The molecular weight excluding hydrogens is 246 g/mol. The van der Waals surface area contributed by atoms with Crippen molar-refractivity contribution in [3.8, 4) is 6.01 Å². The van der Waals surface area contributed by atoms with Crippen molar-refractivity contribution >= 4 is 17.6 Å². The summed E-state index contributed by atoms with van der Waals surface area (Å²) < 4.78 is 7.02. The van der Waals surface area contributed by atoms with Crippen LogP contribution in [-0.4, -0.2) is 38.4 Å². The van der Waals surface area contributed by atoms with E-state index in [0.717, 1.165) is 11.4 Å². The Bertz CT molecular complexity index is 566. The smallest absolute Gasteiger partial charge is 0.323 e. The second-order valence-electron chi connectivity index (χ2n) is 3.88. The number of aromatic nitrogens is 5. The molecule has 0 spiro atoms. The van der Waals surface area contributed by atoms with Gasteiger partial charge in [-0.2, -0.15) is 20.1 Å². The maximum absolute atomic E-state index is 5.30. The molecule has 0 saturated heterocycles. The molecule has 0 aliphatic rings. The molecule has 19 heavy (non-hydrogen) atoms. The fourth-order valence-corrected chi connectivity index (χ4v) is 1.56. The summed E-state index contributed by atoms with van der Waals surface area (Å²) >= 11 is 0. The van der Waals surface area contributed by atoms with E-state index in [-0.39, 0.29) is 6.01 Å². The number of hydrogen-bond donors (Lipinski definition) is 2. The molecule has 8 nitrogen and oxygen atoms in total. The molecular formula is C11H17N7O. The molecule has 2 heterocycles. The van der Waals surface area contributed by atoms with Gasteiger partial charge >= 0.3 is 6.01 Å². The summed E-state index contributed by atoms with van der Waals surface area (Å²) in [6, 6.07) is 0.283. The molecule has 2 aromatic rings. The Labute approximate surface area is 111 Å². The van der Waals surface area contributed by atoms with E-state index in [1.54, 1.807) is 11.7 Å². The maximum Gasteiger partial charge on any atom is 0.323 e. The Kier molecular flexibility index (Phi) is 3.79. The normalized spacial score (nSPS) is 10.3. The number of rotatable bonds is 5. The number of aryl methyl sites for hydroxylation is 2. The fourth-order valence-electron chi connectivity index (χ4n) is 1.56. The molecule has 2 N–H and O–H groups in total. The molecule has 0 unspecified atom stereocenters. The van der Waals surface area contributed by atoms with Gasteiger partial charge in [-0.1, -0.05) is 0 Å². The highest BCUT2D eigenvalue weighted by molar-refractivity contribution is 5.55. The van der Waals surface area contributed by atoms with Gasteiger partial charge in [0.2, 0.25) is 11.9 Å². The first-order chi connectivity index (χ1) is 9.12. The Morgan fingerprint density at radius 3 is 2.58 bits per heavy atom. The molecule has 0 aliphatic carbocycles. The first-order valence-electron chi connectivity index (χ1n) is 5.96. The highest BCUT2D eigenvalue weighted by atomic mass is 16.5. The molecule has 0 bridgehead atoms. The van der Waals surface area contributed by atoms with Gasteiger partial charge in [-0.05, 0) is 13.8 Å². The lowest BCUT2D eigenvalue weighted by molar-refractivity contribution is 0.312. The van der Waals surface area contributed by atoms with E-state index in [1.165, 1.54) is 0 Å². The monoisotopic (exact) mass is 263 g/mol. The van der Waals surface area contributed by atoms with Crippen molar-refractivity contribution in [1.29, 1.82) is 0 Å². The second-order valence-corrected chi connectivity index (χ2v) is 3.88. The molecule has 0 saturated carbocycles. The first kappa shape index (κ1) is 13.1. The molecule has 0 aliphatic heterocycles. The maximum atomic E-state index is 5.30. The van der Waals surface area contributed by atoms with Crippen molar-refractivity contribution in [1.82, 2.24) is 24.7 Å². The molecule has 2 rings (SSSR count). The summed E-state index contributed by atoms with van der Waals surface area (Å²) in [5.74, 6) is 0.862. The zero-order valence-electron chi connectivity index (χ0n) is 11.4. The standard InChI is InChI=1S/C11H17N7O/c1-5-19-11-15-9(12-3)14-10(16-11)13-8-6-18(4)17-7(8)2/h6H,5H2,1-4H3,(H2,12,13,14,15,16). The van der Waals surface area contributed by atoms with Crippen LogP contribution in [0.3, 0.4) is 0 Å². The van der Waals surface area contributed by atoms with Gasteiger partial charge in [-0.25, -0.2) is 0 Å². The van der Waals surface area contributed by atoms with Crippen LogP contribution in [-0.2, 0) is 7.05 Å². The summed E-state index contributed by atoms with van der Waals surface area (Å²) in [6.45, 7) is 4.28. The SMILES string of the molecule is CCOc1nc(NC)nc(Nc2cn(C)nc2C)n1. The number of nitrogens with one attached hydrogen (secondary N) is 2. The van der Waals surface area contributed by atoms with Crippen molar-refractivity contribution in [3.05, 3.63) is 11.9 Å². The molecule has 2 aromatic heterocycles. The Morgan fingerprint density at radius 1 is 1.26 bits per heavy atom. The van der Waals surface area contributed by atoms with E-state index in [4.69, 9.17) is 4.74 Å². The van der Waals surface area contributed by atoms with Crippen LogP contribution in [0.5, 0.6) is 6.01 Å². The van der Waals surface area contributed by atoms with Crippen LogP contribution in [0.15, 0.2) is 6.20 Å². The van der Waals surface area contributed by atoms with Crippen molar-refractivity contribution in [3.63, 3.8) is 0 Å². The lowest BCUT2D eigenvalue weighted by atomic mass is 10.4. The summed E-state index contributed by atoms with van der Waals surface area (Å²) in [4.78, 5) is 12.5. The highest BCUT2D eigenvalue weighted by Gasteiger charge is 2.09. The van der Waals surface area contributed by atoms with Gasteiger partial charge in [0.15, 0.2) is 0 Å². The molecule has 102 valence electrons. The number of ether oxygens (including phenoxy) is 1. The third-order valence-corrected chi connectivity index (χ3v) is 2.37. The van der Waals surface area contributed by atoms with Gasteiger partial charge in [-0.15, -0.1) is 0 Å². The minimum absolute atomic E-state index is 0.283. The van der Waals surface area contributed by atoms with Gasteiger partial charge in [0, 0.05) is 20.3 Å². The Morgan fingerprint density at radius 2 is 2.00 bits per heavy atom. The minimum atomic E-state index is 0.283. The minimum Gasteiger partial charge on any atom is -0.464 e. The quantitative estimate of drug-likeness (QED) is 0.834. The van der Waals surface area contributed by atoms with E-state index in [1.807, 2.05) is 27.1 Å². The third kappa shape index (κ3) is 3.09. The summed E-state index contributed by atoms with van der Waals surface area (Å²) in [7, 11) is 3.60. The van der Waals surface area contributed by atoms with E-state index in [9.17, 15) is 0 Å². The van der Waals surface area contributed by atoms with Gasteiger partial charge in [0.1, 0.15) is 0 Å². The molecule has 0 radical (unpaired) electrons. The van der Waals surface area contributed by atoms with Crippen molar-refractivity contribution < 1.29 is 4.74 Å². The second kappa shape index (κ2) is 5.51. The number of anilines is 3. The third-order valence-electron chi connectivity index (χ3n) is 2.37. The molecule has 0 atom stereocenters. The number of nitrogens with zero attached hydrogens (tertiary/aromatic N) is 5. The predicted octanol–water partition coefficient (Wildman–Crippen LogP) is 1.10. The van der Waals surface area contributed by atoms with Crippen LogP contribution >= 0.6 is 0 Å². The number of hydrogen-bond acceptors (Lipinski definition) is 7. The van der Waals surface area contributed by atoms with Crippen molar-refractivity contribution in [2.75, 3.05) is 24.3 Å². The summed E-state index contributed by atoms with van der Waals surface area (Å²) in [5.41, 5.74) is 1.71. The van der Waals surface area contributed by atoms with Gasteiger partial charge < -0.3 is 15.4 Å². The first-order valence-corrected chi connectivity index (χ1v) is 5.96. The average molecular weight is 263 g/mol. The highest BCUT2D eigenvalue weighted by Crippen LogP contribution is 2.18. The summed E-state index contributed by atoms with van der Waals surface area (Å²) in [6.07, 6.45) is 1.86. The van der Waals surface area contributed by atoms with Crippen LogP contribution in [0.1, 0.15) is 12.6 Å². The van der Waals surface area contributed by atoms with Gasteiger partial charge in [0.25, 0.3) is 0 Å². The lowest BCUT2D eigenvalue weighted by Crippen LogP contribution is -2.07. The fraction of sp³-hybridized carbons (Fsp3) is 0.455. The summed E-state index contributed by atoms with van der Waals surface area (Å²) in [5, 5.41) is 10.2. The van der Waals surface area contributed by atoms with Crippen molar-refractivity contribution in [2.24, 2.45) is 7.05 Å². The zero-order chi connectivity index (χ0) is 13.8. The van der Waals surface area contributed by atoms with Crippen LogP contribution in [0.2, 0.25) is 0 Å².